The lowest BCUT2D eigenvalue weighted by Crippen LogP contribution is -2.33. The van der Waals surface area contributed by atoms with Gasteiger partial charge in [-0.15, -0.1) is 0 Å². The van der Waals surface area contributed by atoms with Crippen LogP contribution >= 0.6 is 0 Å². The van der Waals surface area contributed by atoms with Crippen molar-refractivity contribution in [3.05, 3.63) is 29.8 Å². The van der Waals surface area contributed by atoms with Crippen LogP contribution in [0.2, 0.25) is 0 Å². The summed E-state index contributed by atoms with van der Waals surface area (Å²) in [7, 11) is 0. The van der Waals surface area contributed by atoms with Gasteiger partial charge in [-0.1, -0.05) is 38.5 Å². The highest BCUT2D eigenvalue weighted by Gasteiger charge is 2.65. The molecule has 1 aromatic rings. The Hall–Kier alpha value is -1.64. The summed E-state index contributed by atoms with van der Waals surface area (Å²) in [6, 6.07) is 7.80. The minimum atomic E-state index is -0.185. The Kier molecular flexibility index (Phi) is 3.86. The second kappa shape index (κ2) is 5.47. The number of benzene rings is 1. The quantitative estimate of drug-likeness (QED) is 0.898. The van der Waals surface area contributed by atoms with E-state index in [9.17, 15) is 9.59 Å². The number of nitrogens with one attached hydrogen (secondary N) is 1. The molecule has 0 radical (unpaired) electrons. The average molecular weight is 313 g/mol. The number of rotatable bonds is 4. The van der Waals surface area contributed by atoms with E-state index in [1.54, 1.807) is 0 Å². The fourth-order valence-electron chi connectivity index (χ4n) is 4.75. The molecule has 0 unspecified atom stereocenters. The lowest BCUT2D eigenvalue weighted by atomic mass is 9.70. The van der Waals surface area contributed by atoms with Crippen molar-refractivity contribution >= 4 is 17.4 Å². The molecule has 124 valence electrons. The van der Waals surface area contributed by atoms with Crippen LogP contribution < -0.4 is 5.32 Å². The fraction of sp³-hybridized carbons (Fsp3) is 0.600. The summed E-state index contributed by atoms with van der Waals surface area (Å²) in [5, 5.41) is 2.93. The Morgan fingerprint density at radius 2 is 1.87 bits per heavy atom. The van der Waals surface area contributed by atoms with Crippen LogP contribution in [0.4, 0.5) is 5.69 Å². The van der Waals surface area contributed by atoms with Crippen molar-refractivity contribution < 1.29 is 9.59 Å². The Morgan fingerprint density at radius 1 is 1.22 bits per heavy atom. The van der Waals surface area contributed by atoms with Gasteiger partial charge in [0.1, 0.15) is 5.78 Å². The van der Waals surface area contributed by atoms with Crippen molar-refractivity contribution in [2.75, 3.05) is 5.32 Å². The number of anilines is 1. The van der Waals surface area contributed by atoms with Crippen molar-refractivity contribution in [3.8, 4) is 0 Å². The van der Waals surface area contributed by atoms with Crippen LogP contribution in [0.3, 0.4) is 0 Å². The van der Waals surface area contributed by atoms with Crippen molar-refractivity contribution in [1.82, 2.24) is 0 Å². The highest BCUT2D eigenvalue weighted by molar-refractivity contribution is 5.93. The van der Waals surface area contributed by atoms with Crippen LogP contribution in [0.5, 0.6) is 0 Å². The van der Waals surface area contributed by atoms with Gasteiger partial charge >= 0.3 is 0 Å². The van der Waals surface area contributed by atoms with Crippen molar-refractivity contribution in [3.63, 3.8) is 0 Å². The number of Topliss-reactive ketones (excluding diaryl/α,β-unsaturated/α-hetero) is 1. The average Bonchev–Trinajstić information content (AvgIpc) is 2.80. The number of amides is 1. The standard InChI is InChI=1S/C20H27NO2/c1-13-5-7-14(8-6-13)21-17(22)10-9-15-16-11-12-20(4,18(15)23)19(16,2)3/h5-8,15-16H,9-12H2,1-4H3,(H,21,22)/t15-,16-,20-/m0/s1. The molecule has 2 bridgehead atoms. The normalized spacial score (nSPS) is 31.4. The van der Waals surface area contributed by atoms with Gasteiger partial charge in [0.15, 0.2) is 0 Å². The smallest absolute Gasteiger partial charge is 0.224 e. The first-order valence-electron chi connectivity index (χ1n) is 8.66. The summed E-state index contributed by atoms with van der Waals surface area (Å²) >= 11 is 0. The third-order valence-corrected chi connectivity index (χ3v) is 6.69. The lowest BCUT2D eigenvalue weighted by molar-refractivity contribution is -0.132. The van der Waals surface area contributed by atoms with E-state index in [0.717, 1.165) is 18.5 Å². The van der Waals surface area contributed by atoms with E-state index in [1.165, 1.54) is 5.56 Å². The maximum Gasteiger partial charge on any atom is 0.224 e. The molecule has 2 aliphatic carbocycles. The molecule has 1 amide bonds. The van der Waals surface area contributed by atoms with Gasteiger partial charge < -0.3 is 5.32 Å². The van der Waals surface area contributed by atoms with Gasteiger partial charge in [-0.3, -0.25) is 9.59 Å². The highest BCUT2D eigenvalue weighted by atomic mass is 16.1. The number of carbonyl (C=O) groups is 2. The van der Waals surface area contributed by atoms with Crippen molar-refractivity contribution in [2.45, 2.75) is 53.4 Å². The van der Waals surface area contributed by atoms with Gasteiger partial charge in [0, 0.05) is 23.4 Å². The van der Waals surface area contributed by atoms with E-state index in [-0.39, 0.29) is 22.7 Å². The highest BCUT2D eigenvalue weighted by Crippen LogP contribution is 2.66. The molecule has 1 aromatic carbocycles. The predicted octanol–water partition coefficient (Wildman–Crippen LogP) is 4.36. The summed E-state index contributed by atoms with van der Waals surface area (Å²) in [4.78, 5) is 25.0. The molecule has 0 aromatic heterocycles. The molecule has 3 rings (SSSR count). The topological polar surface area (TPSA) is 46.2 Å². The molecule has 2 fully saturated rings. The van der Waals surface area contributed by atoms with Crippen LogP contribution in [0.15, 0.2) is 24.3 Å². The van der Waals surface area contributed by atoms with Crippen LogP contribution in [-0.4, -0.2) is 11.7 Å². The molecule has 0 heterocycles. The number of aryl methyl sites for hydroxylation is 1. The van der Waals surface area contributed by atoms with Crippen molar-refractivity contribution in [1.29, 1.82) is 0 Å². The molecule has 0 aliphatic heterocycles. The minimum Gasteiger partial charge on any atom is -0.326 e. The van der Waals surface area contributed by atoms with Crippen LogP contribution in [0.1, 0.15) is 52.0 Å². The molecule has 2 saturated carbocycles. The molecular formula is C20H27NO2. The maximum absolute atomic E-state index is 12.8. The number of hydrogen-bond donors (Lipinski definition) is 1. The second-order valence-electron chi connectivity index (χ2n) is 8.12. The Bertz CT molecular complexity index is 632. The zero-order valence-electron chi connectivity index (χ0n) is 14.6. The molecule has 23 heavy (non-hydrogen) atoms. The Morgan fingerprint density at radius 3 is 2.43 bits per heavy atom. The SMILES string of the molecule is Cc1ccc(NC(=O)CC[C@@H]2C(=O)[C@]3(C)CC[C@@H]2C3(C)C)cc1. The first-order valence-corrected chi connectivity index (χ1v) is 8.66. The molecule has 2 aliphatic rings. The Labute approximate surface area is 138 Å². The van der Waals surface area contributed by atoms with Crippen LogP contribution in [-0.2, 0) is 9.59 Å². The first kappa shape index (κ1) is 16.2. The number of ketones is 1. The van der Waals surface area contributed by atoms with Crippen molar-refractivity contribution in [2.24, 2.45) is 22.7 Å². The van der Waals surface area contributed by atoms with E-state index in [4.69, 9.17) is 0 Å². The molecule has 3 atom stereocenters. The van der Waals surface area contributed by atoms with Crippen LogP contribution in [0.25, 0.3) is 0 Å². The summed E-state index contributed by atoms with van der Waals surface area (Å²) in [6.07, 6.45) is 3.24. The third kappa shape index (κ3) is 2.50. The summed E-state index contributed by atoms with van der Waals surface area (Å²) < 4.78 is 0. The summed E-state index contributed by atoms with van der Waals surface area (Å²) in [6.45, 7) is 8.61. The van der Waals surface area contributed by atoms with Gasteiger partial charge in [0.05, 0.1) is 0 Å². The van der Waals surface area contributed by atoms with Gasteiger partial charge in [0.25, 0.3) is 0 Å². The van der Waals surface area contributed by atoms with Gasteiger partial charge in [-0.25, -0.2) is 0 Å². The Balaban J connectivity index is 1.60. The molecule has 0 saturated heterocycles. The largest absolute Gasteiger partial charge is 0.326 e. The second-order valence-corrected chi connectivity index (χ2v) is 8.12. The molecule has 1 N–H and O–H groups in total. The monoisotopic (exact) mass is 313 g/mol. The lowest BCUT2D eigenvalue weighted by Gasteiger charge is -2.32. The van der Waals surface area contributed by atoms with E-state index < -0.39 is 0 Å². The first-order chi connectivity index (χ1) is 10.8. The van der Waals surface area contributed by atoms with E-state index in [1.807, 2.05) is 31.2 Å². The van der Waals surface area contributed by atoms with Crippen LogP contribution in [0, 0.1) is 29.6 Å². The zero-order chi connectivity index (χ0) is 16.8. The molecule has 3 heteroatoms. The maximum atomic E-state index is 12.8. The van der Waals surface area contributed by atoms with E-state index in [0.29, 0.717) is 24.5 Å². The number of carbonyl (C=O) groups excluding carboxylic acids is 2. The predicted molar refractivity (Wildman–Crippen MR) is 92.2 cm³/mol. The number of hydrogen-bond acceptors (Lipinski definition) is 2. The molecular weight excluding hydrogens is 286 g/mol. The number of fused-ring (bicyclic) bond motifs is 2. The summed E-state index contributed by atoms with van der Waals surface area (Å²) in [5.41, 5.74) is 1.89. The minimum absolute atomic E-state index is 0.00684. The van der Waals surface area contributed by atoms with Gasteiger partial charge in [-0.05, 0) is 49.7 Å². The molecule has 0 spiro atoms. The van der Waals surface area contributed by atoms with Gasteiger partial charge in [0.2, 0.25) is 5.91 Å². The van der Waals surface area contributed by atoms with Gasteiger partial charge in [-0.2, -0.15) is 0 Å². The van der Waals surface area contributed by atoms with E-state index >= 15 is 0 Å². The molecule has 3 nitrogen and oxygen atoms in total. The fourth-order valence-corrected chi connectivity index (χ4v) is 4.75. The zero-order valence-corrected chi connectivity index (χ0v) is 14.6. The third-order valence-electron chi connectivity index (χ3n) is 6.69. The summed E-state index contributed by atoms with van der Waals surface area (Å²) in [5.74, 6) is 0.897. The van der Waals surface area contributed by atoms with E-state index in [2.05, 4.69) is 26.1 Å².